The number of aromatic nitrogens is 2. The van der Waals surface area contributed by atoms with Crippen LogP contribution in [0.15, 0.2) is 36.7 Å². The van der Waals surface area contributed by atoms with E-state index in [4.69, 9.17) is 16.3 Å². The Morgan fingerprint density at radius 1 is 1.55 bits per heavy atom. The highest BCUT2D eigenvalue weighted by molar-refractivity contribution is 6.31. The van der Waals surface area contributed by atoms with E-state index >= 15 is 0 Å². The molecule has 20 heavy (non-hydrogen) atoms. The highest BCUT2D eigenvalue weighted by Gasteiger charge is 2.18. The lowest BCUT2D eigenvalue weighted by Gasteiger charge is -2.18. The van der Waals surface area contributed by atoms with Gasteiger partial charge < -0.3 is 10.1 Å². The molecular formula is C14H16ClN3O2. The molecule has 0 spiro atoms. The summed E-state index contributed by atoms with van der Waals surface area (Å²) in [6.07, 6.45) is 4.13. The van der Waals surface area contributed by atoms with E-state index < -0.39 is 6.04 Å². The van der Waals surface area contributed by atoms with E-state index in [1.165, 1.54) is 7.11 Å². The molecule has 5 nitrogen and oxygen atoms in total. The first-order chi connectivity index (χ1) is 9.65. The average molecular weight is 294 g/mol. The number of nitrogens with zero attached hydrogens (tertiary/aromatic N) is 2. The molecule has 1 N–H and O–H groups in total. The minimum Gasteiger partial charge on any atom is -0.467 e. The predicted octanol–water partition coefficient (Wildman–Crippen LogP) is 2.89. The van der Waals surface area contributed by atoms with E-state index in [1.54, 1.807) is 23.0 Å². The number of halogens is 1. The third-order valence-electron chi connectivity index (χ3n) is 2.93. The Morgan fingerprint density at radius 3 is 2.95 bits per heavy atom. The van der Waals surface area contributed by atoms with Crippen LogP contribution < -0.4 is 5.32 Å². The zero-order valence-electron chi connectivity index (χ0n) is 11.3. The monoisotopic (exact) mass is 293 g/mol. The largest absolute Gasteiger partial charge is 0.467 e. The summed E-state index contributed by atoms with van der Waals surface area (Å²) in [5.74, 6) is -0.307. The number of anilines is 1. The number of carbonyl (C=O) groups excluding carboxylic acids is 1. The molecule has 0 aliphatic carbocycles. The molecule has 106 valence electrons. The predicted molar refractivity (Wildman–Crippen MR) is 78.3 cm³/mol. The Labute approximate surface area is 122 Å². The molecule has 0 aliphatic rings. The van der Waals surface area contributed by atoms with Crippen molar-refractivity contribution in [1.29, 1.82) is 0 Å². The molecule has 1 aromatic heterocycles. The van der Waals surface area contributed by atoms with Crippen molar-refractivity contribution >= 4 is 23.3 Å². The number of carbonyl (C=O) groups is 1. The summed E-state index contributed by atoms with van der Waals surface area (Å²) in [6, 6.07) is 6.80. The maximum Gasteiger partial charge on any atom is 0.328 e. The van der Waals surface area contributed by atoms with Crippen molar-refractivity contribution in [2.75, 3.05) is 12.4 Å². The van der Waals surface area contributed by atoms with Crippen molar-refractivity contribution in [2.24, 2.45) is 0 Å². The normalized spacial score (nSPS) is 11.9. The number of hydrogen-bond donors (Lipinski definition) is 1. The van der Waals surface area contributed by atoms with E-state index in [-0.39, 0.29) is 5.97 Å². The van der Waals surface area contributed by atoms with Crippen molar-refractivity contribution in [3.05, 3.63) is 41.7 Å². The quantitative estimate of drug-likeness (QED) is 0.861. The van der Waals surface area contributed by atoms with Gasteiger partial charge in [0.2, 0.25) is 0 Å². The Hall–Kier alpha value is -2.01. The van der Waals surface area contributed by atoms with Crippen LogP contribution in [0.4, 0.5) is 5.69 Å². The summed E-state index contributed by atoms with van der Waals surface area (Å²) >= 11 is 6.03. The van der Waals surface area contributed by atoms with Crippen LogP contribution in [0, 0.1) is 0 Å². The van der Waals surface area contributed by atoms with Crippen molar-refractivity contribution in [3.8, 4) is 5.69 Å². The van der Waals surface area contributed by atoms with Gasteiger partial charge in [0.1, 0.15) is 6.04 Å². The molecule has 6 heteroatoms. The van der Waals surface area contributed by atoms with E-state index in [1.807, 2.05) is 25.3 Å². The van der Waals surface area contributed by atoms with Crippen LogP contribution in [-0.2, 0) is 9.53 Å². The van der Waals surface area contributed by atoms with Gasteiger partial charge in [-0.3, -0.25) is 0 Å². The molecule has 1 aromatic carbocycles. The molecule has 0 radical (unpaired) electrons. The molecule has 0 amide bonds. The lowest BCUT2D eigenvalue weighted by atomic mass is 10.2. The first-order valence-electron chi connectivity index (χ1n) is 6.29. The Bertz CT molecular complexity index is 584. The molecule has 1 unspecified atom stereocenters. The lowest BCUT2D eigenvalue weighted by molar-refractivity contribution is -0.141. The topological polar surface area (TPSA) is 56.2 Å². The number of rotatable bonds is 5. The van der Waals surface area contributed by atoms with Crippen molar-refractivity contribution in [2.45, 2.75) is 19.4 Å². The van der Waals surface area contributed by atoms with Gasteiger partial charge in [-0.05, 0) is 30.7 Å². The maximum atomic E-state index is 11.7. The number of hydrogen-bond acceptors (Lipinski definition) is 4. The van der Waals surface area contributed by atoms with Gasteiger partial charge in [0.05, 0.1) is 18.5 Å². The van der Waals surface area contributed by atoms with Crippen LogP contribution in [0.2, 0.25) is 5.02 Å². The van der Waals surface area contributed by atoms with Gasteiger partial charge in [0, 0.05) is 17.4 Å². The molecule has 0 fully saturated rings. The van der Waals surface area contributed by atoms with E-state index in [0.29, 0.717) is 11.4 Å². The average Bonchev–Trinajstić information content (AvgIpc) is 2.98. The minimum atomic E-state index is -0.423. The Kier molecular flexibility index (Phi) is 4.63. The van der Waals surface area contributed by atoms with Crippen LogP contribution in [-0.4, -0.2) is 28.9 Å². The fourth-order valence-electron chi connectivity index (χ4n) is 1.89. The van der Waals surface area contributed by atoms with Gasteiger partial charge in [0.15, 0.2) is 0 Å². The third-order valence-corrected chi connectivity index (χ3v) is 3.17. The van der Waals surface area contributed by atoms with Crippen molar-refractivity contribution < 1.29 is 9.53 Å². The van der Waals surface area contributed by atoms with Crippen molar-refractivity contribution in [1.82, 2.24) is 9.78 Å². The zero-order valence-corrected chi connectivity index (χ0v) is 12.1. The Morgan fingerprint density at radius 2 is 2.35 bits per heavy atom. The smallest absolute Gasteiger partial charge is 0.328 e. The summed E-state index contributed by atoms with van der Waals surface area (Å²) < 4.78 is 6.49. The second kappa shape index (κ2) is 6.43. The SMILES string of the molecule is CCC(Nc1cc(Cl)ccc1-n1cccn1)C(=O)OC. The molecule has 0 aliphatic heterocycles. The van der Waals surface area contributed by atoms with Crippen LogP contribution in [0.3, 0.4) is 0 Å². The molecule has 0 saturated carbocycles. The van der Waals surface area contributed by atoms with E-state index in [9.17, 15) is 4.79 Å². The Balaban J connectivity index is 2.35. The van der Waals surface area contributed by atoms with Gasteiger partial charge in [-0.2, -0.15) is 5.10 Å². The summed E-state index contributed by atoms with van der Waals surface area (Å²) in [7, 11) is 1.37. The zero-order chi connectivity index (χ0) is 14.5. The molecular weight excluding hydrogens is 278 g/mol. The standard InChI is InChI=1S/C14H16ClN3O2/c1-3-11(14(19)20-2)17-12-9-10(15)5-6-13(12)18-8-4-7-16-18/h4-9,11,17H,3H2,1-2H3. The minimum absolute atomic E-state index is 0.307. The lowest BCUT2D eigenvalue weighted by Crippen LogP contribution is -2.30. The van der Waals surface area contributed by atoms with Crippen LogP contribution in [0.5, 0.6) is 0 Å². The highest BCUT2D eigenvalue weighted by atomic mass is 35.5. The maximum absolute atomic E-state index is 11.7. The number of methoxy groups -OCH3 is 1. The summed E-state index contributed by atoms with van der Waals surface area (Å²) in [4.78, 5) is 11.7. The number of esters is 1. The fourth-order valence-corrected chi connectivity index (χ4v) is 2.06. The van der Waals surface area contributed by atoms with E-state index in [0.717, 1.165) is 11.4 Å². The van der Waals surface area contributed by atoms with Gasteiger partial charge in [-0.15, -0.1) is 0 Å². The summed E-state index contributed by atoms with van der Waals surface area (Å²) in [5.41, 5.74) is 1.56. The van der Waals surface area contributed by atoms with Gasteiger partial charge in [-0.25, -0.2) is 9.48 Å². The highest BCUT2D eigenvalue weighted by Crippen LogP contribution is 2.25. The number of nitrogens with one attached hydrogen (secondary N) is 1. The van der Waals surface area contributed by atoms with Crippen LogP contribution in [0.25, 0.3) is 5.69 Å². The molecule has 1 heterocycles. The second-order valence-electron chi connectivity index (χ2n) is 4.24. The fraction of sp³-hybridized carbons (Fsp3) is 0.286. The van der Waals surface area contributed by atoms with Gasteiger partial charge in [-0.1, -0.05) is 18.5 Å². The second-order valence-corrected chi connectivity index (χ2v) is 4.68. The summed E-state index contributed by atoms with van der Waals surface area (Å²) in [6.45, 7) is 1.91. The van der Waals surface area contributed by atoms with Crippen molar-refractivity contribution in [3.63, 3.8) is 0 Å². The molecule has 0 bridgehead atoms. The summed E-state index contributed by atoms with van der Waals surface area (Å²) in [5, 5.41) is 7.94. The number of benzene rings is 1. The van der Waals surface area contributed by atoms with E-state index in [2.05, 4.69) is 10.4 Å². The third kappa shape index (κ3) is 3.11. The molecule has 2 rings (SSSR count). The van der Waals surface area contributed by atoms with Crippen LogP contribution in [0.1, 0.15) is 13.3 Å². The molecule has 2 aromatic rings. The van der Waals surface area contributed by atoms with Gasteiger partial charge in [0.25, 0.3) is 0 Å². The van der Waals surface area contributed by atoms with Crippen LogP contribution >= 0.6 is 11.6 Å². The molecule has 0 saturated heterocycles. The number of ether oxygens (including phenoxy) is 1. The first-order valence-corrected chi connectivity index (χ1v) is 6.67. The molecule has 1 atom stereocenters. The first kappa shape index (κ1) is 14.4. The van der Waals surface area contributed by atoms with Gasteiger partial charge >= 0.3 is 5.97 Å².